The summed E-state index contributed by atoms with van der Waals surface area (Å²) in [4.78, 5) is 10.5. The Morgan fingerprint density at radius 1 is 1.36 bits per heavy atom. The Kier molecular flexibility index (Phi) is 3.12. The maximum Gasteiger partial charge on any atom is 0.316 e. The van der Waals surface area contributed by atoms with Crippen molar-refractivity contribution in [2.45, 2.75) is 0 Å². The minimum absolute atomic E-state index is 0.597. The molecule has 0 atom stereocenters. The number of urea groups is 1. The first kappa shape index (κ1) is 9.63. The molecule has 0 heterocycles. The first-order valence-electron chi connectivity index (χ1n) is 3.79. The van der Waals surface area contributed by atoms with Crippen LogP contribution in [-0.4, -0.2) is 6.03 Å². The van der Waals surface area contributed by atoms with Gasteiger partial charge in [-0.3, -0.25) is 0 Å². The summed E-state index contributed by atoms with van der Waals surface area (Å²) >= 11 is 0. The molecule has 1 rings (SSSR count). The second kappa shape index (κ2) is 4.54. The van der Waals surface area contributed by atoms with Crippen molar-refractivity contribution < 1.29 is 4.79 Å². The maximum atomic E-state index is 10.5. The molecule has 14 heavy (non-hydrogen) atoms. The summed E-state index contributed by atoms with van der Waals surface area (Å²) in [7, 11) is 0. The lowest BCUT2D eigenvalue weighted by molar-refractivity contribution is 0.259. The number of nitrogens with zero attached hydrogens (tertiary/aromatic N) is 1. The first-order chi connectivity index (χ1) is 6.72. The average Bonchev–Trinajstić information content (AvgIpc) is 2.16. The highest BCUT2D eigenvalue weighted by Crippen LogP contribution is 2.07. The number of nitrogens with one attached hydrogen (secondary N) is 1. The molecule has 0 aliphatic rings. The summed E-state index contributed by atoms with van der Waals surface area (Å²) in [5.41, 5.74) is 6.23. The number of primary amides is 1. The lowest BCUT2D eigenvalue weighted by Gasteiger charge is -1.99. The van der Waals surface area contributed by atoms with Crippen LogP contribution < -0.4 is 11.1 Å². The Morgan fingerprint density at radius 2 is 2.00 bits per heavy atom. The monoisotopic (exact) mass is 185 g/mol. The van der Waals surface area contributed by atoms with Crippen LogP contribution >= 0.6 is 0 Å². The predicted octanol–water partition coefficient (Wildman–Crippen LogP) is 1.05. The highest BCUT2D eigenvalue weighted by molar-refractivity contribution is 5.87. The Balaban J connectivity index is 2.79. The van der Waals surface area contributed by atoms with Gasteiger partial charge in [0.25, 0.3) is 0 Å². The number of anilines is 1. The molecule has 2 amide bonds. The number of nitrogens with two attached hydrogens (primary N) is 1. The molecule has 0 unspecified atom stereocenters. The number of nitriles is 1. The van der Waals surface area contributed by atoms with E-state index >= 15 is 0 Å². The third-order valence-electron chi connectivity index (χ3n) is 1.42. The maximum absolute atomic E-state index is 10.5. The minimum atomic E-state index is -0.610. The van der Waals surface area contributed by atoms with Gasteiger partial charge in [-0.05, 0) is 24.3 Å². The molecule has 68 valence electrons. The van der Waals surface area contributed by atoms with Crippen LogP contribution in [-0.2, 0) is 0 Å². The quantitative estimate of drug-likeness (QED) is 0.641. The van der Waals surface area contributed by atoms with E-state index in [9.17, 15) is 4.79 Å². The molecule has 0 spiro atoms. The zero-order valence-electron chi connectivity index (χ0n) is 7.24. The summed E-state index contributed by atoms with van der Waals surface area (Å²) in [5, 5.41) is 10.6. The highest BCUT2D eigenvalue weighted by atomic mass is 16.2. The van der Waals surface area contributed by atoms with Crippen molar-refractivity contribution in [2.24, 2.45) is 5.73 Å². The summed E-state index contributed by atoms with van der Waals surface area (Å²) in [6, 6.07) is 7.80. The van der Waals surface area contributed by atoms with Gasteiger partial charge in [0, 0.05) is 17.2 Å². The van der Waals surface area contributed by atoms with Gasteiger partial charge in [-0.15, -0.1) is 0 Å². The molecule has 0 fully saturated rings. The molecule has 4 nitrogen and oxygen atoms in total. The molecule has 0 saturated heterocycles. The largest absolute Gasteiger partial charge is 0.351 e. The van der Waals surface area contributed by atoms with Crippen LogP contribution in [0, 0.1) is 23.2 Å². The number of hydrogen-bond donors (Lipinski definition) is 2. The normalized spacial score (nSPS) is 7.93. The summed E-state index contributed by atoms with van der Waals surface area (Å²) in [6.45, 7) is 0. The Morgan fingerprint density at radius 3 is 2.50 bits per heavy atom. The summed E-state index contributed by atoms with van der Waals surface area (Å²) in [5.74, 6) is 4.89. The summed E-state index contributed by atoms with van der Waals surface area (Å²) in [6.07, 6.45) is 0. The van der Waals surface area contributed by atoms with Gasteiger partial charge in [-0.2, -0.15) is 5.26 Å². The summed E-state index contributed by atoms with van der Waals surface area (Å²) < 4.78 is 0. The second-order valence-electron chi connectivity index (χ2n) is 2.43. The molecule has 0 aromatic heterocycles. The van der Waals surface area contributed by atoms with Crippen LogP contribution in [0.25, 0.3) is 0 Å². The van der Waals surface area contributed by atoms with E-state index in [1.807, 2.05) is 0 Å². The van der Waals surface area contributed by atoms with E-state index in [1.54, 1.807) is 30.3 Å². The molecule has 3 N–H and O–H groups in total. The van der Waals surface area contributed by atoms with Gasteiger partial charge in [0.05, 0.1) is 0 Å². The van der Waals surface area contributed by atoms with Crippen molar-refractivity contribution in [3.8, 4) is 17.9 Å². The molecule has 4 heteroatoms. The van der Waals surface area contributed by atoms with Crippen LogP contribution in [0.5, 0.6) is 0 Å². The van der Waals surface area contributed by atoms with Crippen molar-refractivity contribution >= 4 is 11.7 Å². The second-order valence-corrected chi connectivity index (χ2v) is 2.43. The number of benzene rings is 1. The van der Waals surface area contributed by atoms with Crippen molar-refractivity contribution in [3.05, 3.63) is 29.8 Å². The van der Waals surface area contributed by atoms with E-state index < -0.39 is 6.03 Å². The Hall–Kier alpha value is -2.46. The SMILES string of the molecule is N#CC#Cc1ccc(NC(N)=O)cc1. The third-order valence-corrected chi connectivity index (χ3v) is 1.42. The number of carbonyl (C=O) groups excluding carboxylic acids is 1. The Bertz CT molecular complexity index is 431. The van der Waals surface area contributed by atoms with E-state index in [0.717, 1.165) is 0 Å². The first-order valence-corrected chi connectivity index (χ1v) is 3.79. The van der Waals surface area contributed by atoms with Crippen LogP contribution in [0.15, 0.2) is 24.3 Å². The number of hydrogen-bond acceptors (Lipinski definition) is 2. The van der Waals surface area contributed by atoms with Crippen molar-refractivity contribution in [3.63, 3.8) is 0 Å². The number of rotatable bonds is 1. The lowest BCUT2D eigenvalue weighted by Crippen LogP contribution is -2.19. The predicted molar refractivity (Wildman–Crippen MR) is 52.1 cm³/mol. The van der Waals surface area contributed by atoms with Crippen molar-refractivity contribution in [2.75, 3.05) is 5.32 Å². The van der Waals surface area contributed by atoms with Crippen LogP contribution in [0.3, 0.4) is 0 Å². The zero-order valence-corrected chi connectivity index (χ0v) is 7.24. The Labute approximate surface area is 81.3 Å². The molecule has 0 bridgehead atoms. The van der Waals surface area contributed by atoms with Gasteiger partial charge in [0.15, 0.2) is 6.07 Å². The molecular formula is C10H7N3O. The van der Waals surface area contributed by atoms with Gasteiger partial charge in [0.1, 0.15) is 0 Å². The molecular weight excluding hydrogens is 178 g/mol. The fraction of sp³-hybridized carbons (Fsp3) is 0. The van der Waals surface area contributed by atoms with Gasteiger partial charge in [0.2, 0.25) is 0 Å². The van der Waals surface area contributed by atoms with Crippen molar-refractivity contribution in [1.82, 2.24) is 0 Å². The molecule has 1 aromatic carbocycles. The van der Waals surface area contributed by atoms with Gasteiger partial charge in [-0.1, -0.05) is 5.92 Å². The van der Waals surface area contributed by atoms with E-state index in [4.69, 9.17) is 11.0 Å². The highest BCUT2D eigenvalue weighted by Gasteiger charge is 1.94. The standard InChI is InChI=1S/C10H7N3O/c11-7-1-2-8-3-5-9(6-4-8)13-10(12)14/h3-6H,(H3,12,13,14). The molecule has 0 aliphatic heterocycles. The van der Waals surface area contributed by atoms with Crippen LogP contribution in [0.1, 0.15) is 5.56 Å². The van der Waals surface area contributed by atoms with Gasteiger partial charge >= 0.3 is 6.03 Å². The van der Waals surface area contributed by atoms with Crippen LogP contribution in [0.2, 0.25) is 0 Å². The van der Waals surface area contributed by atoms with Gasteiger partial charge in [-0.25, -0.2) is 4.79 Å². The molecule has 0 radical (unpaired) electrons. The minimum Gasteiger partial charge on any atom is -0.351 e. The smallest absolute Gasteiger partial charge is 0.316 e. The van der Waals surface area contributed by atoms with E-state index in [-0.39, 0.29) is 0 Å². The fourth-order valence-corrected chi connectivity index (χ4v) is 0.879. The van der Waals surface area contributed by atoms with Crippen LogP contribution in [0.4, 0.5) is 10.5 Å². The molecule has 0 aliphatic carbocycles. The van der Waals surface area contributed by atoms with E-state index in [2.05, 4.69) is 17.2 Å². The zero-order chi connectivity index (χ0) is 10.4. The molecule has 0 saturated carbocycles. The van der Waals surface area contributed by atoms with Gasteiger partial charge < -0.3 is 11.1 Å². The van der Waals surface area contributed by atoms with E-state index in [0.29, 0.717) is 11.3 Å². The number of carbonyl (C=O) groups is 1. The van der Waals surface area contributed by atoms with Crippen molar-refractivity contribution in [1.29, 1.82) is 5.26 Å². The molecule has 1 aromatic rings. The topological polar surface area (TPSA) is 78.9 Å². The fourth-order valence-electron chi connectivity index (χ4n) is 0.879. The lowest BCUT2D eigenvalue weighted by atomic mass is 10.2. The average molecular weight is 185 g/mol. The third kappa shape index (κ3) is 2.88. The van der Waals surface area contributed by atoms with E-state index in [1.165, 1.54) is 0 Å². The number of amides is 2.